The van der Waals surface area contributed by atoms with Crippen molar-refractivity contribution >= 4 is 22.9 Å². The molecule has 0 saturated carbocycles. The van der Waals surface area contributed by atoms with Crippen molar-refractivity contribution in [1.82, 2.24) is 0 Å². The van der Waals surface area contributed by atoms with Crippen molar-refractivity contribution in [2.24, 2.45) is 0 Å². The third-order valence-electron chi connectivity index (χ3n) is 4.53. The summed E-state index contributed by atoms with van der Waals surface area (Å²) in [6, 6.07) is 11.7. The Morgan fingerprint density at radius 3 is 2.77 bits per heavy atom. The van der Waals surface area contributed by atoms with E-state index in [0.717, 1.165) is 35.4 Å². The molecule has 1 saturated heterocycles. The van der Waals surface area contributed by atoms with Gasteiger partial charge in [-0.2, -0.15) is 12.1 Å². The minimum atomic E-state index is -0.435. The van der Waals surface area contributed by atoms with Crippen LogP contribution >= 0.6 is 11.3 Å². The molecule has 1 aromatic heterocycles. The van der Waals surface area contributed by atoms with Crippen LogP contribution in [0.2, 0.25) is 0 Å². The Bertz CT molecular complexity index is 675. The monoisotopic (exact) mass is 447 g/mol. The van der Waals surface area contributed by atoms with E-state index in [1.807, 2.05) is 41.3 Å². The third-order valence-corrected chi connectivity index (χ3v) is 5.30. The molecule has 0 aliphatic carbocycles. The van der Waals surface area contributed by atoms with E-state index in [1.54, 1.807) is 11.3 Å². The van der Waals surface area contributed by atoms with Gasteiger partial charge in [-0.25, -0.2) is 0 Å². The zero-order valence-corrected chi connectivity index (χ0v) is 18.7. The minimum Gasteiger partial charge on any atom is -0.388 e. The number of aliphatic hydroxyl groups excluding tert-OH is 1. The summed E-state index contributed by atoms with van der Waals surface area (Å²) in [6.45, 7) is 3.15. The Morgan fingerprint density at radius 2 is 2.12 bits per heavy atom. The van der Waals surface area contributed by atoms with Gasteiger partial charge in [-0.3, -0.25) is 16.1 Å². The molecule has 1 unspecified atom stereocenters. The van der Waals surface area contributed by atoms with E-state index >= 15 is 0 Å². The normalized spacial score (nSPS) is 18.0. The van der Waals surface area contributed by atoms with E-state index in [0.29, 0.717) is 19.6 Å². The van der Waals surface area contributed by atoms with Gasteiger partial charge in [0.15, 0.2) is 0 Å². The number of thiophene rings is 1. The SMILES string of the molecule is CCCC(O)c1ccc(N2C(=O)CC[C@@H]2COCc2cc[c-]s2)cc1.[Y]. The first-order chi connectivity index (χ1) is 12.2. The quantitative estimate of drug-likeness (QED) is 0.621. The fourth-order valence-corrected chi connectivity index (χ4v) is 3.76. The van der Waals surface area contributed by atoms with Crippen molar-refractivity contribution < 1.29 is 47.3 Å². The molecule has 4 nitrogen and oxygen atoms in total. The van der Waals surface area contributed by atoms with Crippen molar-refractivity contribution in [3.05, 3.63) is 52.2 Å². The fourth-order valence-electron chi connectivity index (χ4n) is 3.20. The van der Waals surface area contributed by atoms with Crippen LogP contribution in [0.3, 0.4) is 0 Å². The van der Waals surface area contributed by atoms with Gasteiger partial charge in [0.1, 0.15) is 0 Å². The van der Waals surface area contributed by atoms with Gasteiger partial charge in [0.25, 0.3) is 0 Å². The first kappa shape index (κ1) is 21.7. The predicted molar refractivity (Wildman–Crippen MR) is 99.6 cm³/mol. The number of benzene rings is 1. The van der Waals surface area contributed by atoms with E-state index in [4.69, 9.17) is 4.74 Å². The molecule has 1 aliphatic heterocycles. The van der Waals surface area contributed by atoms with Crippen molar-refractivity contribution in [2.45, 2.75) is 51.4 Å². The molecule has 0 bridgehead atoms. The summed E-state index contributed by atoms with van der Waals surface area (Å²) in [5.41, 5.74) is 1.78. The molecule has 1 aromatic carbocycles. The molecule has 1 aliphatic rings. The molecular formula is C20H24NO3SY-. The number of anilines is 1. The van der Waals surface area contributed by atoms with Crippen molar-refractivity contribution in [3.8, 4) is 0 Å². The Labute approximate surface area is 184 Å². The van der Waals surface area contributed by atoms with Crippen molar-refractivity contribution in [1.29, 1.82) is 0 Å². The van der Waals surface area contributed by atoms with Crippen molar-refractivity contribution in [3.63, 3.8) is 0 Å². The minimum absolute atomic E-state index is 0. The zero-order valence-electron chi connectivity index (χ0n) is 15.1. The van der Waals surface area contributed by atoms with Crippen LogP contribution in [0.15, 0.2) is 36.4 Å². The molecule has 2 atom stereocenters. The maximum absolute atomic E-state index is 12.3. The number of carbonyl (C=O) groups is 1. The number of ether oxygens (including phenoxy) is 1. The Kier molecular flexibility index (Phi) is 8.91. The summed E-state index contributed by atoms with van der Waals surface area (Å²) in [6.07, 6.45) is 2.62. The van der Waals surface area contributed by atoms with Crippen LogP contribution < -0.4 is 4.90 Å². The van der Waals surface area contributed by atoms with Gasteiger partial charge < -0.3 is 14.7 Å². The summed E-state index contributed by atoms with van der Waals surface area (Å²) >= 11 is 1.56. The van der Waals surface area contributed by atoms with E-state index in [-0.39, 0.29) is 44.7 Å². The van der Waals surface area contributed by atoms with Crippen molar-refractivity contribution in [2.75, 3.05) is 11.5 Å². The molecule has 1 N–H and O–H groups in total. The number of nitrogens with zero attached hydrogens (tertiary/aromatic N) is 1. The number of carbonyl (C=O) groups excluding carboxylic acids is 1. The molecule has 6 heteroatoms. The topological polar surface area (TPSA) is 49.8 Å². The van der Waals surface area contributed by atoms with Gasteiger partial charge in [-0.1, -0.05) is 25.5 Å². The van der Waals surface area contributed by atoms with Crippen LogP contribution in [0.4, 0.5) is 5.69 Å². The number of hydrogen-bond donors (Lipinski definition) is 1. The number of rotatable bonds is 8. The van der Waals surface area contributed by atoms with Crippen LogP contribution in [0, 0.1) is 5.38 Å². The standard InChI is InChI=1S/C20H24NO3S.Y/c1-2-4-19(22)15-6-8-16(9-7-15)21-17(10-11-20(21)23)13-24-14-18-5-3-12-25-18;/h3,5-9,17,19,22H,2,4,10-11,13-14H2,1H3;/q-1;/t17-,19?;/m1./s1. The molecule has 26 heavy (non-hydrogen) atoms. The average Bonchev–Trinajstić information content (AvgIpc) is 3.25. The average molecular weight is 447 g/mol. The second-order valence-electron chi connectivity index (χ2n) is 6.39. The largest absolute Gasteiger partial charge is 0.388 e. The molecule has 3 rings (SSSR count). The van der Waals surface area contributed by atoms with E-state index in [9.17, 15) is 9.90 Å². The number of hydrogen-bond acceptors (Lipinski definition) is 4. The molecule has 1 amide bonds. The maximum atomic E-state index is 12.3. The molecule has 2 aromatic rings. The van der Waals surface area contributed by atoms with Gasteiger partial charge >= 0.3 is 0 Å². The Hall–Kier alpha value is -0.586. The predicted octanol–water partition coefficient (Wildman–Crippen LogP) is 4.09. The second-order valence-corrected chi connectivity index (χ2v) is 7.35. The molecule has 1 radical (unpaired) electrons. The number of aliphatic hydroxyl groups is 1. The van der Waals surface area contributed by atoms with E-state index in [2.05, 4.69) is 12.3 Å². The number of amides is 1. The van der Waals surface area contributed by atoms with Gasteiger partial charge in [-0.05, 0) is 30.5 Å². The van der Waals surface area contributed by atoms with Gasteiger partial charge in [0.2, 0.25) is 5.91 Å². The molecule has 137 valence electrons. The molecule has 2 heterocycles. The molecule has 1 fully saturated rings. The van der Waals surface area contributed by atoms with E-state index < -0.39 is 6.10 Å². The zero-order chi connectivity index (χ0) is 17.6. The van der Waals surface area contributed by atoms with Gasteiger partial charge in [0.05, 0.1) is 18.8 Å². The van der Waals surface area contributed by atoms with Crippen LogP contribution in [0.5, 0.6) is 0 Å². The summed E-state index contributed by atoms with van der Waals surface area (Å²) in [4.78, 5) is 15.3. The fraction of sp³-hybridized carbons (Fsp3) is 0.450. The van der Waals surface area contributed by atoms with E-state index in [1.165, 1.54) is 0 Å². The molecule has 0 spiro atoms. The Morgan fingerprint density at radius 1 is 1.35 bits per heavy atom. The second kappa shape index (κ2) is 10.7. The first-order valence-electron chi connectivity index (χ1n) is 8.81. The van der Waals surface area contributed by atoms with Crippen LogP contribution in [-0.4, -0.2) is 23.7 Å². The third kappa shape index (κ3) is 5.46. The summed E-state index contributed by atoms with van der Waals surface area (Å²) in [7, 11) is 0. The summed E-state index contributed by atoms with van der Waals surface area (Å²) in [5.74, 6) is 0.139. The summed E-state index contributed by atoms with van der Waals surface area (Å²) < 4.78 is 5.81. The maximum Gasteiger partial charge on any atom is 0.227 e. The Balaban J connectivity index is 0.00000243. The van der Waals surface area contributed by atoms with Gasteiger partial charge in [-0.15, -0.1) is 10.3 Å². The van der Waals surface area contributed by atoms with Crippen LogP contribution in [0.25, 0.3) is 0 Å². The smallest absolute Gasteiger partial charge is 0.227 e. The van der Waals surface area contributed by atoms with Crippen LogP contribution in [0.1, 0.15) is 49.2 Å². The first-order valence-corrected chi connectivity index (χ1v) is 9.63. The van der Waals surface area contributed by atoms with Crippen LogP contribution in [-0.2, 0) is 48.8 Å². The summed E-state index contributed by atoms with van der Waals surface area (Å²) in [5, 5.41) is 13.1. The van der Waals surface area contributed by atoms with Gasteiger partial charge in [0, 0.05) is 51.4 Å². The molecular weight excluding hydrogens is 423 g/mol.